The summed E-state index contributed by atoms with van der Waals surface area (Å²) in [7, 11) is 1.64. The minimum atomic E-state index is -0.334. The van der Waals surface area contributed by atoms with Gasteiger partial charge in [0.1, 0.15) is 5.75 Å². The number of anilines is 1. The van der Waals surface area contributed by atoms with E-state index in [9.17, 15) is 4.79 Å². The Labute approximate surface area is 159 Å². The smallest absolute Gasteiger partial charge is 0.338 e. The van der Waals surface area contributed by atoms with Gasteiger partial charge in [0.25, 0.3) is 0 Å². The normalized spacial score (nSPS) is 11.4. The van der Waals surface area contributed by atoms with Crippen LogP contribution in [0.3, 0.4) is 0 Å². The molecule has 0 saturated carbocycles. The third-order valence-corrected chi connectivity index (χ3v) is 4.26. The van der Waals surface area contributed by atoms with E-state index < -0.39 is 0 Å². The van der Waals surface area contributed by atoms with Crippen molar-refractivity contribution in [1.29, 1.82) is 0 Å². The second-order valence-electron chi connectivity index (χ2n) is 5.79. The fourth-order valence-corrected chi connectivity index (χ4v) is 2.82. The third kappa shape index (κ3) is 4.95. The Morgan fingerprint density at radius 2 is 1.88 bits per heavy atom. The zero-order valence-corrected chi connectivity index (χ0v) is 16.3. The molecular formula is C20H24N2O3S. The van der Waals surface area contributed by atoms with E-state index in [1.165, 1.54) is 0 Å². The number of nitrogens with one attached hydrogen (secondary N) is 2. The monoisotopic (exact) mass is 372 g/mol. The van der Waals surface area contributed by atoms with Crippen LogP contribution in [-0.2, 0) is 4.74 Å². The fourth-order valence-electron chi connectivity index (χ4n) is 2.53. The number of benzene rings is 2. The van der Waals surface area contributed by atoms with E-state index in [1.807, 2.05) is 44.2 Å². The van der Waals surface area contributed by atoms with Crippen LogP contribution in [0.5, 0.6) is 5.75 Å². The second-order valence-corrected chi connectivity index (χ2v) is 6.20. The van der Waals surface area contributed by atoms with Crippen molar-refractivity contribution < 1.29 is 14.3 Å². The highest BCUT2D eigenvalue weighted by molar-refractivity contribution is 7.80. The lowest BCUT2D eigenvalue weighted by Crippen LogP contribution is -2.31. The molecular weight excluding hydrogens is 348 g/mol. The number of carbonyl (C=O) groups excluding carboxylic acids is 1. The summed E-state index contributed by atoms with van der Waals surface area (Å²) < 4.78 is 10.3. The molecule has 2 aromatic carbocycles. The van der Waals surface area contributed by atoms with Crippen LogP contribution in [0.25, 0.3) is 0 Å². The fraction of sp³-hybridized carbons (Fsp3) is 0.300. The molecule has 138 valence electrons. The molecule has 0 radical (unpaired) electrons. The van der Waals surface area contributed by atoms with Crippen LogP contribution >= 0.6 is 12.2 Å². The van der Waals surface area contributed by atoms with E-state index in [2.05, 4.69) is 10.6 Å². The maximum Gasteiger partial charge on any atom is 0.338 e. The standard InChI is InChI=1S/C20H24N2O3S/c1-5-25-19(23)17-7-6-8-18(13(17)2)22-20(26)21-14(3)15-9-11-16(24-4)12-10-15/h6-12,14H,5H2,1-4H3,(H2,21,22,26)/t14-/m0/s1. The molecule has 0 saturated heterocycles. The first-order chi connectivity index (χ1) is 12.5. The van der Waals surface area contributed by atoms with Crippen LogP contribution in [0.4, 0.5) is 5.69 Å². The molecule has 2 N–H and O–H groups in total. The maximum atomic E-state index is 12.0. The number of esters is 1. The van der Waals surface area contributed by atoms with Crippen molar-refractivity contribution in [2.24, 2.45) is 0 Å². The highest BCUT2D eigenvalue weighted by Crippen LogP contribution is 2.21. The van der Waals surface area contributed by atoms with E-state index in [0.717, 1.165) is 22.6 Å². The van der Waals surface area contributed by atoms with Crippen molar-refractivity contribution in [3.63, 3.8) is 0 Å². The quantitative estimate of drug-likeness (QED) is 0.585. The molecule has 0 aliphatic heterocycles. The van der Waals surface area contributed by atoms with Crippen molar-refractivity contribution in [3.05, 3.63) is 59.2 Å². The Morgan fingerprint density at radius 3 is 2.50 bits per heavy atom. The van der Waals surface area contributed by atoms with Gasteiger partial charge in [0, 0.05) is 5.69 Å². The molecule has 1 atom stereocenters. The summed E-state index contributed by atoms with van der Waals surface area (Å²) in [6.45, 7) is 6.02. The summed E-state index contributed by atoms with van der Waals surface area (Å²) in [5, 5.41) is 6.89. The number of carbonyl (C=O) groups is 1. The van der Waals surface area contributed by atoms with Gasteiger partial charge >= 0.3 is 5.97 Å². The Hall–Kier alpha value is -2.60. The van der Waals surface area contributed by atoms with Gasteiger partial charge in [-0.3, -0.25) is 0 Å². The van der Waals surface area contributed by atoms with Crippen LogP contribution in [-0.4, -0.2) is 24.8 Å². The van der Waals surface area contributed by atoms with Gasteiger partial charge in [0.15, 0.2) is 5.11 Å². The first-order valence-corrected chi connectivity index (χ1v) is 8.85. The van der Waals surface area contributed by atoms with E-state index in [0.29, 0.717) is 17.3 Å². The van der Waals surface area contributed by atoms with Crippen molar-refractivity contribution in [2.45, 2.75) is 26.8 Å². The molecule has 0 aliphatic carbocycles. The Kier molecular flexibility index (Phi) is 6.97. The Balaban J connectivity index is 2.05. The molecule has 2 rings (SSSR count). The van der Waals surface area contributed by atoms with Gasteiger partial charge in [0.2, 0.25) is 0 Å². The molecule has 26 heavy (non-hydrogen) atoms. The predicted molar refractivity (Wildman–Crippen MR) is 108 cm³/mol. The van der Waals surface area contributed by atoms with E-state index >= 15 is 0 Å². The average molecular weight is 372 g/mol. The third-order valence-electron chi connectivity index (χ3n) is 4.04. The zero-order chi connectivity index (χ0) is 19.1. The molecule has 0 bridgehead atoms. The van der Waals surface area contributed by atoms with Crippen molar-refractivity contribution in [1.82, 2.24) is 5.32 Å². The van der Waals surface area contributed by atoms with Gasteiger partial charge in [-0.25, -0.2) is 4.79 Å². The number of methoxy groups -OCH3 is 1. The topological polar surface area (TPSA) is 59.6 Å². The molecule has 0 amide bonds. The summed E-state index contributed by atoms with van der Waals surface area (Å²) in [5.74, 6) is 0.479. The number of hydrogen-bond acceptors (Lipinski definition) is 4. The summed E-state index contributed by atoms with van der Waals surface area (Å²) >= 11 is 5.42. The van der Waals surface area contributed by atoms with Gasteiger partial charge in [0.05, 0.1) is 25.3 Å². The highest BCUT2D eigenvalue weighted by Gasteiger charge is 2.14. The lowest BCUT2D eigenvalue weighted by Gasteiger charge is -2.19. The highest BCUT2D eigenvalue weighted by atomic mass is 32.1. The lowest BCUT2D eigenvalue weighted by molar-refractivity contribution is 0.0525. The minimum absolute atomic E-state index is 0.0226. The van der Waals surface area contributed by atoms with Gasteiger partial charge in [-0.2, -0.15) is 0 Å². The number of rotatable bonds is 6. The molecule has 2 aromatic rings. The molecule has 6 heteroatoms. The van der Waals surface area contributed by atoms with E-state index in [-0.39, 0.29) is 12.0 Å². The van der Waals surface area contributed by atoms with Crippen LogP contribution in [0, 0.1) is 6.92 Å². The van der Waals surface area contributed by atoms with Gasteiger partial charge < -0.3 is 20.1 Å². The summed E-state index contributed by atoms with van der Waals surface area (Å²) in [6.07, 6.45) is 0. The van der Waals surface area contributed by atoms with Crippen molar-refractivity contribution >= 4 is 29.0 Å². The van der Waals surface area contributed by atoms with Crippen molar-refractivity contribution in [2.75, 3.05) is 19.0 Å². The minimum Gasteiger partial charge on any atom is -0.497 e. The summed E-state index contributed by atoms with van der Waals surface area (Å²) in [6, 6.07) is 13.3. The van der Waals surface area contributed by atoms with Crippen molar-refractivity contribution in [3.8, 4) is 5.75 Å². The van der Waals surface area contributed by atoms with Gasteiger partial charge in [-0.15, -0.1) is 0 Å². The maximum absolute atomic E-state index is 12.0. The SMILES string of the molecule is CCOC(=O)c1cccc(NC(=S)N[C@@H](C)c2ccc(OC)cc2)c1C. The first kappa shape index (κ1) is 19.7. The molecule has 0 heterocycles. The molecule has 0 aromatic heterocycles. The molecule has 5 nitrogen and oxygen atoms in total. The summed E-state index contributed by atoms with van der Waals surface area (Å²) in [5.41, 5.74) is 3.19. The van der Waals surface area contributed by atoms with Gasteiger partial charge in [-0.1, -0.05) is 18.2 Å². The largest absolute Gasteiger partial charge is 0.497 e. The number of thiocarbonyl (C=S) groups is 1. The Morgan fingerprint density at radius 1 is 1.19 bits per heavy atom. The molecule has 0 unspecified atom stereocenters. The molecule has 0 aliphatic rings. The van der Waals surface area contributed by atoms with E-state index in [1.54, 1.807) is 26.2 Å². The van der Waals surface area contributed by atoms with E-state index in [4.69, 9.17) is 21.7 Å². The Bertz CT molecular complexity index is 775. The average Bonchev–Trinajstić information content (AvgIpc) is 2.63. The number of hydrogen-bond donors (Lipinski definition) is 2. The van der Waals surface area contributed by atoms with Gasteiger partial charge in [-0.05, 0) is 68.4 Å². The molecule has 0 fully saturated rings. The zero-order valence-electron chi connectivity index (χ0n) is 15.5. The lowest BCUT2D eigenvalue weighted by atomic mass is 10.1. The second kappa shape index (κ2) is 9.20. The predicted octanol–water partition coefficient (Wildman–Crippen LogP) is 4.23. The van der Waals surface area contributed by atoms with Crippen LogP contribution in [0.1, 0.15) is 41.4 Å². The van der Waals surface area contributed by atoms with Crippen LogP contribution < -0.4 is 15.4 Å². The molecule has 0 spiro atoms. The number of ether oxygens (including phenoxy) is 2. The van der Waals surface area contributed by atoms with Crippen LogP contribution in [0.2, 0.25) is 0 Å². The van der Waals surface area contributed by atoms with Crippen LogP contribution in [0.15, 0.2) is 42.5 Å². The first-order valence-electron chi connectivity index (χ1n) is 8.44. The summed E-state index contributed by atoms with van der Waals surface area (Å²) in [4.78, 5) is 12.0.